The third kappa shape index (κ3) is 3.25. The van der Waals surface area contributed by atoms with E-state index < -0.39 is 0 Å². The molecule has 0 radical (unpaired) electrons. The van der Waals surface area contributed by atoms with Gasteiger partial charge < -0.3 is 14.6 Å². The molecule has 0 amide bonds. The minimum atomic E-state index is 0.00989. The number of methoxy groups -OCH3 is 1. The number of aliphatic hydroxyl groups excluding tert-OH is 1. The van der Waals surface area contributed by atoms with Crippen LogP contribution < -0.4 is 9.47 Å². The van der Waals surface area contributed by atoms with Gasteiger partial charge in [-0.2, -0.15) is 0 Å². The van der Waals surface area contributed by atoms with Crippen molar-refractivity contribution in [1.82, 2.24) is 0 Å². The van der Waals surface area contributed by atoms with Crippen molar-refractivity contribution in [2.45, 2.75) is 33.0 Å². The van der Waals surface area contributed by atoms with Gasteiger partial charge in [0.2, 0.25) is 0 Å². The van der Waals surface area contributed by atoms with Gasteiger partial charge in [0, 0.05) is 0 Å². The van der Waals surface area contributed by atoms with Crippen molar-refractivity contribution in [3.05, 3.63) is 21.3 Å². The summed E-state index contributed by atoms with van der Waals surface area (Å²) in [6, 6.07) is 3.71. The fraction of sp³-hybridized carbons (Fsp3) is 0.500. The Balaban J connectivity index is 3.06. The highest BCUT2D eigenvalue weighted by molar-refractivity contribution is 14.1. The summed E-state index contributed by atoms with van der Waals surface area (Å²) in [5, 5.41) is 9.10. The molecular formula is C12H17IO3. The van der Waals surface area contributed by atoms with Crippen molar-refractivity contribution < 1.29 is 14.6 Å². The highest BCUT2D eigenvalue weighted by Gasteiger charge is 2.13. The van der Waals surface area contributed by atoms with Crippen molar-refractivity contribution in [1.29, 1.82) is 0 Å². The van der Waals surface area contributed by atoms with Gasteiger partial charge in [-0.25, -0.2) is 0 Å². The molecule has 0 aliphatic rings. The molecule has 0 aliphatic heterocycles. The minimum absolute atomic E-state index is 0.00989. The Kier molecular flexibility index (Phi) is 5.34. The fourth-order valence-electron chi connectivity index (χ4n) is 1.26. The molecule has 1 aromatic rings. The first-order chi connectivity index (χ1) is 7.62. The quantitative estimate of drug-likeness (QED) is 0.841. The third-order valence-corrected chi connectivity index (χ3v) is 3.17. The van der Waals surface area contributed by atoms with Crippen LogP contribution in [0.3, 0.4) is 0 Å². The molecule has 0 bridgehead atoms. The first kappa shape index (κ1) is 13.6. The number of hydrogen-bond donors (Lipinski definition) is 1. The molecule has 0 aliphatic carbocycles. The fourth-order valence-corrected chi connectivity index (χ4v) is 2.06. The lowest BCUT2D eigenvalue weighted by molar-refractivity contribution is 0.205. The van der Waals surface area contributed by atoms with E-state index in [4.69, 9.17) is 14.6 Å². The van der Waals surface area contributed by atoms with Crippen LogP contribution in [-0.2, 0) is 6.61 Å². The zero-order valence-electron chi connectivity index (χ0n) is 9.79. The maximum Gasteiger partial charge on any atom is 0.174 e. The van der Waals surface area contributed by atoms with Gasteiger partial charge in [0.1, 0.15) is 0 Å². The molecule has 0 aromatic heterocycles. The Labute approximate surface area is 110 Å². The molecule has 1 N–H and O–H groups in total. The molecule has 0 spiro atoms. The van der Waals surface area contributed by atoms with E-state index in [-0.39, 0.29) is 12.7 Å². The summed E-state index contributed by atoms with van der Waals surface area (Å²) < 4.78 is 12.0. The van der Waals surface area contributed by atoms with Gasteiger partial charge in [-0.15, -0.1) is 0 Å². The number of rotatable bonds is 5. The maximum absolute atomic E-state index is 9.10. The average Bonchev–Trinajstić information content (AvgIpc) is 2.30. The van der Waals surface area contributed by atoms with Gasteiger partial charge in [0.25, 0.3) is 0 Å². The van der Waals surface area contributed by atoms with Crippen LogP contribution in [0, 0.1) is 3.57 Å². The van der Waals surface area contributed by atoms with Crippen LogP contribution in [0.2, 0.25) is 0 Å². The summed E-state index contributed by atoms with van der Waals surface area (Å²) in [7, 11) is 1.61. The standard InChI is InChI=1S/C12H17IO3/c1-4-8(2)16-12-10(13)5-9(7-14)6-11(12)15-3/h5-6,8,14H,4,7H2,1-3H3. The minimum Gasteiger partial charge on any atom is -0.493 e. The van der Waals surface area contributed by atoms with Crippen LogP contribution >= 0.6 is 22.6 Å². The molecule has 1 aromatic carbocycles. The van der Waals surface area contributed by atoms with E-state index in [0.29, 0.717) is 5.75 Å². The molecule has 1 rings (SSSR count). The van der Waals surface area contributed by atoms with Gasteiger partial charge in [-0.3, -0.25) is 0 Å². The van der Waals surface area contributed by atoms with Crippen LogP contribution in [0.4, 0.5) is 0 Å². The van der Waals surface area contributed by atoms with E-state index in [9.17, 15) is 0 Å². The van der Waals surface area contributed by atoms with Crippen molar-refractivity contribution >= 4 is 22.6 Å². The van der Waals surface area contributed by atoms with E-state index in [2.05, 4.69) is 29.5 Å². The van der Waals surface area contributed by atoms with Gasteiger partial charge in [0.05, 0.1) is 23.4 Å². The summed E-state index contributed by atoms with van der Waals surface area (Å²) in [5.74, 6) is 1.44. The van der Waals surface area contributed by atoms with Gasteiger partial charge in [-0.1, -0.05) is 6.92 Å². The second-order valence-corrected chi connectivity index (χ2v) is 4.77. The van der Waals surface area contributed by atoms with Gasteiger partial charge in [0.15, 0.2) is 11.5 Å². The highest BCUT2D eigenvalue weighted by atomic mass is 127. The number of hydrogen-bond acceptors (Lipinski definition) is 3. The third-order valence-electron chi connectivity index (χ3n) is 2.37. The monoisotopic (exact) mass is 336 g/mol. The molecule has 0 saturated heterocycles. The van der Waals surface area contributed by atoms with E-state index in [1.807, 2.05) is 13.0 Å². The molecule has 0 heterocycles. The Morgan fingerprint density at radius 2 is 2.12 bits per heavy atom. The van der Waals surface area contributed by atoms with Crippen LogP contribution in [0.15, 0.2) is 12.1 Å². The van der Waals surface area contributed by atoms with Gasteiger partial charge >= 0.3 is 0 Å². The first-order valence-electron chi connectivity index (χ1n) is 5.26. The average molecular weight is 336 g/mol. The van der Waals surface area contributed by atoms with Crippen molar-refractivity contribution in [3.63, 3.8) is 0 Å². The summed E-state index contributed by atoms with van der Waals surface area (Å²) in [5.41, 5.74) is 0.831. The number of ether oxygens (including phenoxy) is 2. The zero-order valence-corrected chi connectivity index (χ0v) is 11.9. The zero-order chi connectivity index (χ0) is 12.1. The lowest BCUT2D eigenvalue weighted by Crippen LogP contribution is -2.11. The number of benzene rings is 1. The van der Waals surface area contributed by atoms with Crippen LogP contribution in [-0.4, -0.2) is 18.3 Å². The van der Waals surface area contributed by atoms with Crippen molar-refractivity contribution in [2.24, 2.45) is 0 Å². The highest BCUT2D eigenvalue weighted by Crippen LogP contribution is 2.34. The molecule has 1 unspecified atom stereocenters. The predicted octanol–water partition coefficient (Wildman–Crippen LogP) is 2.97. The molecule has 4 heteroatoms. The molecule has 90 valence electrons. The SMILES string of the molecule is CCC(C)Oc1c(I)cc(CO)cc1OC. The molecule has 16 heavy (non-hydrogen) atoms. The second kappa shape index (κ2) is 6.30. The van der Waals surface area contributed by atoms with Crippen LogP contribution in [0.1, 0.15) is 25.8 Å². The van der Waals surface area contributed by atoms with Crippen molar-refractivity contribution in [2.75, 3.05) is 7.11 Å². The van der Waals surface area contributed by atoms with Crippen LogP contribution in [0.25, 0.3) is 0 Å². The predicted molar refractivity (Wildman–Crippen MR) is 72.0 cm³/mol. The molecular weight excluding hydrogens is 319 g/mol. The van der Waals surface area contributed by atoms with E-state index in [1.165, 1.54) is 0 Å². The first-order valence-corrected chi connectivity index (χ1v) is 6.34. The smallest absolute Gasteiger partial charge is 0.174 e. The second-order valence-electron chi connectivity index (χ2n) is 3.60. The van der Waals surface area contributed by atoms with E-state index >= 15 is 0 Å². The van der Waals surface area contributed by atoms with Crippen LogP contribution in [0.5, 0.6) is 11.5 Å². The van der Waals surface area contributed by atoms with Gasteiger partial charge in [-0.05, 0) is 53.6 Å². The summed E-state index contributed by atoms with van der Waals surface area (Å²) in [4.78, 5) is 0. The molecule has 0 fully saturated rings. The molecule has 3 nitrogen and oxygen atoms in total. The summed E-state index contributed by atoms with van der Waals surface area (Å²) >= 11 is 2.19. The normalized spacial score (nSPS) is 12.3. The largest absolute Gasteiger partial charge is 0.493 e. The number of aliphatic hydroxyl groups is 1. The van der Waals surface area contributed by atoms with E-state index in [0.717, 1.165) is 21.3 Å². The van der Waals surface area contributed by atoms with E-state index in [1.54, 1.807) is 13.2 Å². The molecule has 1 atom stereocenters. The number of halogens is 1. The lowest BCUT2D eigenvalue weighted by atomic mass is 10.2. The Bertz CT molecular complexity index is 352. The topological polar surface area (TPSA) is 38.7 Å². The summed E-state index contributed by atoms with van der Waals surface area (Å²) in [6.07, 6.45) is 1.10. The Morgan fingerprint density at radius 3 is 2.62 bits per heavy atom. The Morgan fingerprint density at radius 1 is 1.44 bits per heavy atom. The Hall–Kier alpha value is -0.490. The lowest BCUT2D eigenvalue weighted by Gasteiger charge is -2.17. The van der Waals surface area contributed by atoms with Crippen molar-refractivity contribution in [3.8, 4) is 11.5 Å². The summed E-state index contributed by atoms with van der Waals surface area (Å²) in [6.45, 7) is 4.11. The maximum atomic E-state index is 9.10. The molecule has 0 saturated carbocycles.